The van der Waals surface area contributed by atoms with Gasteiger partial charge in [-0.2, -0.15) is 0 Å². The molecule has 124 valence electrons. The number of hydrogen-bond donors (Lipinski definition) is 0. The predicted molar refractivity (Wildman–Crippen MR) is 82.0 cm³/mol. The molecule has 0 amide bonds. The number of hydroxylamine groups is 2. The van der Waals surface area contributed by atoms with E-state index in [4.69, 9.17) is 4.84 Å². The Balaban J connectivity index is 2.30. The fraction of sp³-hybridized carbons (Fsp3) is 0.385. The number of likely N-dealkylation sites (N-methyl/N-ethyl adjacent to an activating group) is 1. The Bertz CT molecular complexity index is 730. The van der Waals surface area contributed by atoms with E-state index in [1.165, 1.54) is 0 Å². The Morgan fingerprint density at radius 1 is 1.26 bits per heavy atom. The minimum atomic E-state index is -1.76. The molecule has 10 heteroatoms. The van der Waals surface area contributed by atoms with Crippen LogP contribution in [0.3, 0.4) is 0 Å². The molecule has 0 saturated heterocycles. The molecule has 0 fully saturated rings. The summed E-state index contributed by atoms with van der Waals surface area (Å²) < 4.78 is 12.4. The summed E-state index contributed by atoms with van der Waals surface area (Å²) in [6.45, 7) is 3.80. The SMILES string of the molecule is CN1OC(CS(=O)c2ccc([N+](=O)[O-])cc2[N+](=O)[O-])=CC1(C)C. The first-order valence-electron chi connectivity index (χ1n) is 6.56. The fourth-order valence-electron chi connectivity index (χ4n) is 2.03. The lowest BCUT2D eigenvalue weighted by molar-refractivity contribution is -0.396. The highest BCUT2D eigenvalue weighted by molar-refractivity contribution is 7.85. The first-order chi connectivity index (χ1) is 10.6. The van der Waals surface area contributed by atoms with Crippen LogP contribution in [0.5, 0.6) is 0 Å². The number of benzene rings is 1. The maximum Gasteiger partial charge on any atom is 0.292 e. The van der Waals surface area contributed by atoms with Crippen molar-refractivity contribution in [3.05, 3.63) is 50.3 Å². The Labute approximate surface area is 134 Å². The molecule has 0 aliphatic carbocycles. The van der Waals surface area contributed by atoms with E-state index in [2.05, 4.69) is 0 Å². The van der Waals surface area contributed by atoms with Crippen molar-refractivity contribution in [3.8, 4) is 0 Å². The second kappa shape index (κ2) is 6.05. The van der Waals surface area contributed by atoms with Gasteiger partial charge in [0.25, 0.3) is 11.4 Å². The van der Waals surface area contributed by atoms with Gasteiger partial charge in [0, 0.05) is 13.1 Å². The molecule has 0 radical (unpaired) electrons. The van der Waals surface area contributed by atoms with Crippen molar-refractivity contribution >= 4 is 22.2 Å². The van der Waals surface area contributed by atoms with Crippen molar-refractivity contribution in [1.29, 1.82) is 0 Å². The molecule has 0 N–H and O–H groups in total. The molecular weight excluding hydrogens is 326 g/mol. The van der Waals surface area contributed by atoms with Crippen LogP contribution < -0.4 is 0 Å². The number of nitro groups is 2. The van der Waals surface area contributed by atoms with Crippen molar-refractivity contribution in [2.75, 3.05) is 12.8 Å². The third kappa shape index (κ3) is 3.54. The Morgan fingerprint density at radius 2 is 1.91 bits per heavy atom. The van der Waals surface area contributed by atoms with E-state index in [1.807, 2.05) is 13.8 Å². The van der Waals surface area contributed by atoms with E-state index >= 15 is 0 Å². The molecule has 9 nitrogen and oxygen atoms in total. The van der Waals surface area contributed by atoms with Crippen LogP contribution in [-0.4, -0.2) is 37.5 Å². The van der Waals surface area contributed by atoms with Crippen LogP contribution in [0.4, 0.5) is 11.4 Å². The van der Waals surface area contributed by atoms with Gasteiger partial charge in [0.05, 0.1) is 38.0 Å². The zero-order valence-corrected chi connectivity index (χ0v) is 13.5. The zero-order valence-electron chi connectivity index (χ0n) is 12.7. The van der Waals surface area contributed by atoms with Crippen LogP contribution in [0.1, 0.15) is 13.8 Å². The van der Waals surface area contributed by atoms with E-state index in [0.717, 1.165) is 18.2 Å². The fourth-order valence-corrected chi connectivity index (χ4v) is 3.17. The third-order valence-electron chi connectivity index (χ3n) is 3.45. The van der Waals surface area contributed by atoms with Gasteiger partial charge >= 0.3 is 0 Å². The molecule has 0 bridgehead atoms. The highest BCUT2D eigenvalue weighted by Crippen LogP contribution is 2.31. The van der Waals surface area contributed by atoms with E-state index in [9.17, 15) is 24.4 Å². The van der Waals surface area contributed by atoms with E-state index in [1.54, 1.807) is 18.2 Å². The maximum absolute atomic E-state index is 12.4. The molecule has 1 aliphatic heterocycles. The molecule has 1 aliphatic rings. The highest BCUT2D eigenvalue weighted by atomic mass is 32.2. The van der Waals surface area contributed by atoms with Crippen molar-refractivity contribution in [1.82, 2.24) is 5.06 Å². The predicted octanol–water partition coefficient (Wildman–Crippen LogP) is 2.15. The van der Waals surface area contributed by atoms with Crippen LogP contribution >= 0.6 is 0 Å². The van der Waals surface area contributed by atoms with Gasteiger partial charge in [0.15, 0.2) is 0 Å². The molecule has 1 atom stereocenters. The van der Waals surface area contributed by atoms with Crippen LogP contribution in [0, 0.1) is 20.2 Å². The van der Waals surface area contributed by atoms with Gasteiger partial charge in [-0.1, -0.05) is 0 Å². The molecule has 23 heavy (non-hydrogen) atoms. The Kier molecular flexibility index (Phi) is 4.48. The van der Waals surface area contributed by atoms with Gasteiger partial charge in [-0.25, -0.2) is 0 Å². The topological polar surface area (TPSA) is 116 Å². The van der Waals surface area contributed by atoms with Crippen LogP contribution in [0.2, 0.25) is 0 Å². The second-order valence-corrected chi connectivity index (χ2v) is 6.93. The number of nitro benzene ring substituents is 2. The summed E-state index contributed by atoms with van der Waals surface area (Å²) in [5, 5.41) is 23.4. The summed E-state index contributed by atoms with van der Waals surface area (Å²) in [6, 6.07) is 3.06. The molecule has 0 aromatic heterocycles. The smallest absolute Gasteiger partial charge is 0.292 e. The minimum Gasteiger partial charge on any atom is -0.409 e. The lowest BCUT2D eigenvalue weighted by atomic mass is 10.1. The van der Waals surface area contributed by atoms with Crippen molar-refractivity contribution in [2.24, 2.45) is 0 Å². The van der Waals surface area contributed by atoms with Gasteiger partial charge < -0.3 is 4.84 Å². The summed E-state index contributed by atoms with van der Waals surface area (Å²) in [7, 11) is -0.0363. The zero-order chi connectivity index (χ0) is 17.4. The van der Waals surface area contributed by atoms with Crippen LogP contribution in [-0.2, 0) is 15.6 Å². The molecule has 1 aromatic carbocycles. The molecule has 0 saturated carbocycles. The van der Waals surface area contributed by atoms with Gasteiger partial charge in [-0.3, -0.25) is 24.4 Å². The summed E-state index contributed by atoms with van der Waals surface area (Å²) in [5.74, 6) is 0.385. The minimum absolute atomic E-state index is 0.0492. The van der Waals surface area contributed by atoms with Gasteiger partial charge in [0.1, 0.15) is 10.7 Å². The largest absolute Gasteiger partial charge is 0.409 e. The van der Waals surface area contributed by atoms with Crippen LogP contribution in [0.15, 0.2) is 34.9 Å². The van der Waals surface area contributed by atoms with E-state index in [-0.39, 0.29) is 16.2 Å². The van der Waals surface area contributed by atoms with E-state index < -0.39 is 32.0 Å². The van der Waals surface area contributed by atoms with Gasteiger partial charge in [0.2, 0.25) is 0 Å². The Morgan fingerprint density at radius 3 is 2.39 bits per heavy atom. The second-order valence-electron chi connectivity index (χ2n) is 5.51. The molecule has 0 spiro atoms. The highest BCUT2D eigenvalue weighted by Gasteiger charge is 2.32. The van der Waals surface area contributed by atoms with Crippen LogP contribution in [0.25, 0.3) is 0 Å². The third-order valence-corrected chi connectivity index (χ3v) is 4.83. The molecule has 1 heterocycles. The quantitative estimate of drug-likeness (QED) is 0.595. The lowest BCUT2D eigenvalue weighted by Crippen LogP contribution is -2.33. The average molecular weight is 341 g/mol. The number of hydrogen-bond acceptors (Lipinski definition) is 7. The summed E-state index contributed by atoms with van der Waals surface area (Å²) in [4.78, 5) is 25.7. The molecular formula is C13H15N3O6S. The van der Waals surface area contributed by atoms with Crippen molar-refractivity contribution < 1.29 is 18.9 Å². The monoisotopic (exact) mass is 341 g/mol. The lowest BCUT2D eigenvalue weighted by Gasteiger charge is -2.23. The molecule has 2 rings (SSSR count). The summed E-state index contributed by atoms with van der Waals surface area (Å²) in [6.07, 6.45) is 1.78. The van der Waals surface area contributed by atoms with Gasteiger partial charge in [-0.05, 0) is 26.0 Å². The first-order valence-corrected chi connectivity index (χ1v) is 7.88. The number of nitrogens with zero attached hydrogens (tertiary/aromatic N) is 3. The first kappa shape index (κ1) is 17.0. The van der Waals surface area contributed by atoms with Gasteiger partial charge in [-0.15, -0.1) is 5.06 Å². The summed E-state index contributed by atoms with van der Waals surface area (Å²) in [5.41, 5.74) is -1.33. The average Bonchev–Trinajstić information content (AvgIpc) is 2.70. The normalized spacial score (nSPS) is 18.1. The molecule has 1 aromatic rings. The Hall–Kier alpha value is -2.33. The molecule has 1 unspecified atom stereocenters. The number of rotatable bonds is 5. The standard InChI is InChI=1S/C13H15N3O6S/c1-13(2)7-10(22-14(13)3)8-23(21)12-5-4-9(15(17)18)6-11(12)16(19)20/h4-7H,8H2,1-3H3. The van der Waals surface area contributed by atoms with Crippen molar-refractivity contribution in [3.63, 3.8) is 0 Å². The number of non-ortho nitro benzene ring substituents is 1. The van der Waals surface area contributed by atoms with Crippen molar-refractivity contribution in [2.45, 2.75) is 24.3 Å². The van der Waals surface area contributed by atoms with E-state index in [0.29, 0.717) is 5.76 Å². The maximum atomic E-state index is 12.4. The summed E-state index contributed by atoms with van der Waals surface area (Å²) >= 11 is 0.